The number of carbonyl (C=O) groups is 3. The number of amides is 2. The molecule has 0 aliphatic heterocycles. The Labute approximate surface area is 64.1 Å². The van der Waals surface area contributed by atoms with Gasteiger partial charge in [-0.2, -0.15) is 0 Å². The summed E-state index contributed by atoms with van der Waals surface area (Å²) in [6.07, 6.45) is 0.188. The number of hydrogen-bond acceptors (Lipinski definition) is 3. The van der Waals surface area contributed by atoms with Crippen LogP contribution >= 0.6 is 0 Å². The van der Waals surface area contributed by atoms with Crippen LogP contribution in [0.3, 0.4) is 0 Å². The van der Waals surface area contributed by atoms with E-state index in [0.29, 0.717) is 6.54 Å². The van der Waals surface area contributed by atoms with Crippen LogP contribution in [-0.2, 0) is 14.4 Å². The second kappa shape index (κ2) is 5.40. The van der Waals surface area contributed by atoms with Gasteiger partial charge in [0.2, 0.25) is 12.2 Å². The highest BCUT2D eigenvalue weighted by Crippen LogP contribution is 1.61. The van der Waals surface area contributed by atoms with Crippen LogP contribution < -0.4 is 10.6 Å². The fraction of sp³-hybridized carbons (Fsp3) is 0.500. The van der Waals surface area contributed by atoms with Crippen molar-refractivity contribution in [2.75, 3.05) is 13.1 Å². The number of hydrogen-bond donors (Lipinski definition) is 2. The van der Waals surface area contributed by atoms with Gasteiger partial charge in [0, 0.05) is 20.0 Å². The van der Waals surface area contributed by atoms with E-state index < -0.39 is 5.91 Å². The maximum absolute atomic E-state index is 10.3. The van der Waals surface area contributed by atoms with Crippen molar-refractivity contribution in [3.63, 3.8) is 0 Å². The molecule has 5 nitrogen and oxygen atoms in total. The molecule has 5 heteroatoms. The van der Waals surface area contributed by atoms with Crippen molar-refractivity contribution < 1.29 is 14.4 Å². The summed E-state index contributed by atoms with van der Waals surface area (Å²) in [6.45, 7) is 1.99. The Morgan fingerprint density at radius 2 is 1.82 bits per heavy atom. The minimum atomic E-state index is -0.671. The lowest BCUT2D eigenvalue weighted by Gasteiger charge is -2.00. The van der Waals surface area contributed by atoms with Crippen LogP contribution in [0.15, 0.2) is 0 Å². The molecule has 0 spiro atoms. The smallest absolute Gasteiger partial charge is 0.284 e. The maximum Gasteiger partial charge on any atom is 0.284 e. The van der Waals surface area contributed by atoms with E-state index in [1.54, 1.807) is 0 Å². The summed E-state index contributed by atoms with van der Waals surface area (Å²) in [5.74, 6) is -0.833. The van der Waals surface area contributed by atoms with Crippen molar-refractivity contribution >= 4 is 18.1 Å². The number of nitrogens with one attached hydrogen (secondary N) is 2. The van der Waals surface area contributed by atoms with Crippen molar-refractivity contribution in [2.24, 2.45) is 0 Å². The first-order valence-corrected chi connectivity index (χ1v) is 3.14. The molecule has 0 bridgehead atoms. The van der Waals surface area contributed by atoms with Gasteiger partial charge in [-0.25, -0.2) is 0 Å². The quantitative estimate of drug-likeness (QED) is 0.295. The number of carbonyl (C=O) groups excluding carboxylic acids is 3. The molecular weight excluding hydrogens is 148 g/mol. The molecule has 2 N–H and O–H groups in total. The van der Waals surface area contributed by atoms with Gasteiger partial charge in [0.15, 0.2) is 0 Å². The Balaban J connectivity index is 3.21. The molecule has 0 heterocycles. The summed E-state index contributed by atoms with van der Waals surface area (Å²) in [5.41, 5.74) is 0. The molecule has 2 amide bonds. The molecule has 0 atom stereocenters. The van der Waals surface area contributed by atoms with Crippen LogP contribution in [-0.4, -0.2) is 31.2 Å². The van der Waals surface area contributed by atoms with E-state index in [9.17, 15) is 14.4 Å². The normalized spacial score (nSPS) is 8.45. The van der Waals surface area contributed by atoms with E-state index in [4.69, 9.17) is 0 Å². The van der Waals surface area contributed by atoms with E-state index in [0.717, 1.165) is 0 Å². The van der Waals surface area contributed by atoms with Crippen molar-refractivity contribution in [3.05, 3.63) is 0 Å². The Morgan fingerprint density at radius 3 is 2.27 bits per heavy atom. The molecule has 0 aromatic heterocycles. The Morgan fingerprint density at radius 1 is 1.27 bits per heavy atom. The van der Waals surface area contributed by atoms with Gasteiger partial charge in [-0.05, 0) is 0 Å². The summed E-state index contributed by atoms with van der Waals surface area (Å²) in [5, 5.41) is 4.72. The minimum absolute atomic E-state index is 0.162. The van der Waals surface area contributed by atoms with Gasteiger partial charge in [0.25, 0.3) is 5.91 Å². The zero-order valence-corrected chi connectivity index (χ0v) is 6.22. The summed E-state index contributed by atoms with van der Waals surface area (Å²) >= 11 is 0. The largest absolute Gasteiger partial charge is 0.355 e. The molecule has 62 valence electrons. The predicted octanol–water partition coefficient (Wildman–Crippen LogP) is -1.56. The van der Waals surface area contributed by atoms with E-state index in [-0.39, 0.29) is 18.7 Å². The number of aldehydes is 1. The lowest BCUT2D eigenvalue weighted by molar-refractivity contribution is -0.131. The zero-order chi connectivity index (χ0) is 8.69. The lowest BCUT2D eigenvalue weighted by Crippen LogP contribution is -2.34. The highest BCUT2D eigenvalue weighted by molar-refractivity contribution is 6.23. The molecule has 0 fully saturated rings. The first kappa shape index (κ1) is 9.61. The van der Waals surface area contributed by atoms with Crippen LogP contribution in [0.25, 0.3) is 0 Å². The van der Waals surface area contributed by atoms with Crippen molar-refractivity contribution in [3.8, 4) is 0 Å². The molecule has 0 aromatic carbocycles. The SMILES string of the molecule is CC(=O)NCCNC(=O)C=O. The molecule has 0 radical (unpaired) electrons. The van der Waals surface area contributed by atoms with E-state index >= 15 is 0 Å². The van der Waals surface area contributed by atoms with Gasteiger partial charge in [-0.3, -0.25) is 14.4 Å². The molecular formula is C6H10N2O3. The fourth-order valence-corrected chi connectivity index (χ4v) is 0.466. The molecule has 0 aliphatic rings. The van der Waals surface area contributed by atoms with Gasteiger partial charge in [0.05, 0.1) is 0 Å². The van der Waals surface area contributed by atoms with Gasteiger partial charge in [0.1, 0.15) is 0 Å². The lowest BCUT2D eigenvalue weighted by atomic mass is 10.5. The molecule has 0 saturated heterocycles. The molecule has 0 unspecified atom stereocenters. The van der Waals surface area contributed by atoms with Crippen LogP contribution in [0.4, 0.5) is 0 Å². The first-order valence-electron chi connectivity index (χ1n) is 3.14. The van der Waals surface area contributed by atoms with Crippen LogP contribution in [0.2, 0.25) is 0 Å². The van der Waals surface area contributed by atoms with E-state index in [1.165, 1.54) is 6.92 Å². The van der Waals surface area contributed by atoms with Crippen molar-refractivity contribution in [1.29, 1.82) is 0 Å². The zero-order valence-electron chi connectivity index (χ0n) is 6.22. The van der Waals surface area contributed by atoms with Crippen LogP contribution in [0.5, 0.6) is 0 Å². The third-order valence-electron chi connectivity index (χ3n) is 0.905. The van der Waals surface area contributed by atoms with Crippen molar-refractivity contribution in [2.45, 2.75) is 6.92 Å². The van der Waals surface area contributed by atoms with Gasteiger partial charge < -0.3 is 10.6 Å². The summed E-state index contributed by atoms with van der Waals surface area (Å²) < 4.78 is 0. The van der Waals surface area contributed by atoms with Crippen LogP contribution in [0, 0.1) is 0 Å². The highest BCUT2D eigenvalue weighted by Gasteiger charge is 1.95. The Kier molecular flexibility index (Phi) is 4.72. The summed E-state index contributed by atoms with van der Waals surface area (Å²) in [6, 6.07) is 0. The topological polar surface area (TPSA) is 75.3 Å². The predicted molar refractivity (Wildman–Crippen MR) is 37.8 cm³/mol. The van der Waals surface area contributed by atoms with Gasteiger partial charge in [-0.1, -0.05) is 0 Å². The fourth-order valence-electron chi connectivity index (χ4n) is 0.466. The molecule has 0 saturated carbocycles. The van der Waals surface area contributed by atoms with Gasteiger partial charge in [-0.15, -0.1) is 0 Å². The van der Waals surface area contributed by atoms with Gasteiger partial charge >= 0.3 is 0 Å². The first-order chi connectivity index (χ1) is 5.16. The van der Waals surface area contributed by atoms with Crippen molar-refractivity contribution in [1.82, 2.24) is 10.6 Å². The summed E-state index contributed by atoms with van der Waals surface area (Å²) in [4.78, 5) is 30.3. The van der Waals surface area contributed by atoms with E-state index in [1.807, 2.05) is 0 Å². The third kappa shape index (κ3) is 6.50. The highest BCUT2D eigenvalue weighted by atomic mass is 16.2. The number of rotatable bonds is 4. The monoisotopic (exact) mass is 158 g/mol. The molecule has 0 rings (SSSR count). The average molecular weight is 158 g/mol. The Bertz CT molecular complexity index is 167. The summed E-state index contributed by atoms with van der Waals surface area (Å²) in [7, 11) is 0. The standard InChI is InChI=1S/C6H10N2O3/c1-5(10)7-2-3-8-6(11)4-9/h4H,2-3H2,1H3,(H,7,10)(H,8,11). The molecule has 0 aromatic rings. The molecule has 0 aliphatic carbocycles. The Hall–Kier alpha value is -1.39. The molecule has 11 heavy (non-hydrogen) atoms. The second-order valence-electron chi connectivity index (χ2n) is 1.89. The minimum Gasteiger partial charge on any atom is -0.355 e. The second-order valence-corrected chi connectivity index (χ2v) is 1.89. The average Bonchev–Trinajstić information content (AvgIpc) is 1.97. The maximum atomic E-state index is 10.3. The van der Waals surface area contributed by atoms with Crippen LogP contribution in [0.1, 0.15) is 6.92 Å². The van der Waals surface area contributed by atoms with E-state index in [2.05, 4.69) is 10.6 Å². The third-order valence-corrected chi connectivity index (χ3v) is 0.905.